The van der Waals surface area contributed by atoms with Crippen LogP contribution >= 0.6 is 23.2 Å². The number of hydrogen-bond acceptors (Lipinski definition) is 5. The third-order valence-corrected chi connectivity index (χ3v) is 6.53. The summed E-state index contributed by atoms with van der Waals surface area (Å²) < 4.78 is 5.93. The van der Waals surface area contributed by atoms with Crippen molar-refractivity contribution in [1.82, 2.24) is 20.5 Å². The van der Waals surface area contributed by atoms with E-state index in [1.54, 1.807) is 12.1 Å². The van der Waals surface area contributed by atoms with E-state index >= 15 is 0 Å². The second kappa shape index (κ2) is 9.49. The molecule has 1 fully saturated rings. The van der Waals surface area contributed by atoms with E-state index in [0.29, 0.717) is 33.9 Å². The molecule has 2 aromatic carbocycles. The zero-order valence-corrected chi connectivity index (χ0v) is 19.3. The zero-order valence-electron chi connectivity index (χ0n) is 17.8. The van der Waals surface area contributed by atoms with Crippen molar-refractivity contribution in [2.45, 2.75) is 44.1 Å². The fourth-order valence-corrected chi connectivity index (χ4v) is 4.55. The molecular weight excluding hydrogens is 459 g/mol. The quantitative estimate of drug-likeness (QED) is 0.380. The van der Waals surface area contributed by atoms with Crippen molar-refractivity contribution in [2.75, 3.05) is 0 Å². The average Bonchev–Trinajstić information content (AvgIpc) is 3.29. The van der Waals surface area contributed by atoms with Crippen LogP contribution in [0.3, 0.4) is 0 Å². The Bertz CT molecular complexity index is 1280. The van der Waals surface area contributed by atoms with Gasteiger partial charge in [0.25, 0.3) is 5.91 Å². The minimum atomic E-state index is -0.154. The fraction of sp³-hybridized carbons (Fsp3) is 0.280. The number of carbonyl (C=O) groups excluding carboxylic acids is 1. The van der Waals surface area contributed by atoms with Crippen molar-refractivity contribution in [1.29, 1.82) is 0 Å². The molecule has 0 saturated heterocycles. The van der Waals surface area contributed by atoms with Crippen molar-refractivity contribution in [2.24, 2.45) is 0 Å². The van der Waals surface area contributed by atoms with Gasteiger partial charge in [-0.3, -0.25) is 4.79 Å². The van der Waals surface area contributed by atoms with Gasteiger partial charge in [-0.25, -0.2) is 4.98 Å². The average molecular weight is 481 g/mol. The lowest BCUT2D eigenvalue weighted by atomic mass is 9.86. The number of carbonyl (C=O) groups is 1. The van der Waals surface area contributed by atoms with Crippen LogP contribution in [-0.4, -0.2) is 27.1 Å². The van der Waals surface area contributed by atoms with Crippen LogP contribution in [0.4, 0.5) is 0 Å². The Hall–Kier alpha value is -2.96. The molecule has 0 atom stereocenters. The summed E-state index contributed by atoms with van der Waals surface area (Å²) in [5, 5.41) is 13.9. The highest BCUT2D eigenvalue weighted by atomic mass is 35.5. The van der Waals surface area contributed by atoms with Crippen LogP contribution in [0, 0.1) is 0 Å². The molecule has 5 rings (SSSR count). The SMILES string of the molecule is O=C(NC1CCC(c2nnc(Cc3ccc(Cl)cc3)o2)CC1)c1ccc2cc(Cl)ccc2n1. The fourth-order valence-electron chi connectivity index (χ4n) is 4.25. The van der Waals surface area contributed by atoms with Gasteiger partial charge in [0, 0.05) is 27.4 Å². The maximum Gasteiger partial charge on any atom is 0.270 e. The molecule has 168 valence electrons. The maximum atomic E-state index is 12.7. The van der Waals surface area contributed by atoms with Crippen LogP contribution in [0.1, 0.15) is 59.4 Å². The van der Waals surface area contributed by atoms with Crippen molar-refractivity contribution < 1.29 is 9.21 Å². The largest absolute Gasteiger partial charge is 0.425 e. The zero-order chi connectivity index (χ0) is 22.8. The van der Waals surface area contributed by atoms with E-state index in [0.717, 1.165) is 42.1 Å². The number of nitrogens with zero attached hydrogens (tertiary/aromatic N) is 3. The van der Waals surface area contributed by atoms with Gasteiger partial charge in [0.2, 0.25) is 11.8 Å². The van der Waals surface area contributed by atoms with Crippen LogP contribution < -0.4 is 5.32 Å². The number of amides is 1. The first-order valence-electron chi connectivity index (χ1n) is 11.0. The molecule has 2 heterocycles. The maximum absolute atomic E-state index is 12.7. The summed E-state index contributed by atoms with van der Waals surface area (Å²) in [6.45, 7) is 0. The Morgan fingerprint density at radius 3 is 2.48 bits per heavy atom. The van der Waals surface area contributed by atoms with Gasteiger partial charge in [0.15, 0.2) is 0 Å². The molecule has 0 aliphatic heterocycles. The summed E-state index contributed by atoms with van der Waals surface area (Å²) in [7, 11) is 0. The first-order chi connectivity index (χ1) is 16.0. The molecule has 6 nitrogen and oxygen atoms in total. The molecule has 0 unspecified atom stereocenters. The van der Waals surface area contributed by atoms with Gasteiger partial charge >= 0.3 is 0 Å². The van der Waals surface area contributed by atoms with E-state index in [1.165, 1.54) is 0 Å². The van der Waals surface area contributed by atoms with Crippen LogP contribution in [-0.2, 0) is 6.42 Å². The number of halogens is 2. The van der Waals surface area contributed by atoms with E-state index in [9.17, 15) is 4.79 Å². The predicted molar refractivity (Wildman–Crippen MR) is 128 cm³/mol. The first kappa shape index (κ1) is 21.9. The van der Waals surface area contributed by atoms with Crippen molar-refractivity contribution in [3.05, 3.63) is 87.7 Å². The van der Waals surface area contributed by atoms with E-state index < -0.39 is 0 Å². The molecule has 1 aliphatic carbocycles. The monoisotopic (exact) mass is 480 g/mol. The van der Waals surface area contributed by atoms with Gasteiger partial charge in [0.1, 0.15) is 5.69 Å². The van der Waals surface area contributed by atoms with Crippen LogP contribution in [0.5, 0.6) is 0 Å². The second-order valence-corrected chi connectivity index (χ2v) is 9.27. The molecule has 1 saturated carbocycles. The van der Waals surface area contributed by atoms with E-state index in [1.807, 2.05) is 42.5 Å². The summed E-state index contributed by atoms with van der Waals surface area (Å²) in [5.41, 5.74) is 2.24. The molecule has 8 heteroatoms. The lowest BCUT2D eigenvalue weighted by Gasteiger charge is -2.27. The summed E-state index contributed by atoms with van der Waals surface area (Å²) in [6, 6.07) is 16.8. The molecular formula is C25H22Cl2N4O2. The van der Waals surface area contributed by atoms with Gasteiger partial charge in [-0.05, 0) is 67.6 Å². The highest BCUT2D eigenvalue weighted by molar-refractivity contribution is 6.31. The molecule has 1 aliphatic rings. The minimum absolute atomic E-state index is 0.105. The number of nitrogens with one attached hydrogen (secondary N) is 1. The minimum Gasteiger partial charge on any atom is -0.425 e. The van der Waals surface area contributed by atoms with E-state index in [2.05, 4.69) is 20.5 Å². The second-order valence-electron chi connectivity index (χ2n) is 8.39. The lowest BCUT2D eigenvalue weighted by Crippen LogP contribution is -2.37. The van der Waals surface area contributed by atoms with Gasteiger partial charge < -0.3 is 9.73 Å². The third kappa shape index (κ3) is 5.18. The number of fused-ring (bicyclic) bond motifs is 1. The van der Waals surface area contributed by atoms with E-state index in [4.69, 9.17) is 27.6 Å². The molecule has 1 amide bonds. The highest BCUT2D eigenvalue weighted by Crippen LogP contribution is 2.32. The number of rotatable bonds is 5. The van der Waals surface area contributed by atoms with Crippen molar-refractivity contribution >= 4 is 40.0 Å². The Kier molecular flexibility index (Phi) is 6.29. The van der Waals surface area contributed by atoms with Crippen molar-refractivity contribution in [3.63, 3.8) is 0 Å². The summed E-state index contributed by atoms with van der Waals surface area (Å²) in [5.74, 6) is 1.34. The lowest BCUT2D eigenvalue weighted by molar-refractivity contribution is 0.0920. The van der Waals surface area contributed by atoms with Gasteiger partial charge in [-0.1, -0.05) is 41.4 Å². The van der Waals surface area contributed by atoms with Crippen molar-refractivity contribution in [3.8, 4) is 0 Å². The standard InChI is InChI=1S/C25H22Cl2N4O2/c26-18-6-1-15(2-7-18)13-23-30-31-25(33-23)16-3-9-20(10-4-16)28-24(32)22-11-5-17-14-19(27)8-12-21(17)29-22/h1-2,5-8,11-12,14,16,20H,3-4,9-10,13H2,(H,28,32). The normalized spacial score (nSPS) is 18.4. The predicted octanol–water partition coefficient (Wildman–Crippen LogP) is 5.97. The molecule has 2 aromatic heterocycles. The van der Waals surface area contributed by atoms with Gasteiger partial charge in [-0.2, -0.15) is 0 Å². The molecule has 1 N–H and O–H groups in total. The Labute approximate surface area is 201 Å². The Morgan fingerprint density at radius 2 is 1.70 bits per heavy atom. The molecule has 33 heavy (non-hydrogen) atoms. The van der Waals surface area contributed by atoms with E-state index in [-0.39, 0.29) is 17.9 Å². The number of pyridine rings is 1. The van der Waals surface area contributed by atoms with Gasteiger partial charge in [-0.15, -0.1) is 10.2 Å². The summed E-state index contributed by atoms with van der Waals surface area (Å²) in [6.07, 6.45) is 4.07. The van der Waals surface area contributed by atoms with Crippen LogP contribution in [0.2, 0.25) is 10.0 Å². The summed E-state index contributed by atoms with van der Waals surface area (Å²) >= 11 is 12.0. The third-order valence-electron chi connectivity index (χ3n) is 6.05. The number of benzene rings is 2. The van der Waals surface area contributed by atoms with Crippen LogP contribution in [0.15, 0.2) is 59.0 Å². The first-order valence-corrected chi connectivity index (χ1v) is 11.7. The van der Waals surface area contributed by atoms with Gasteiger partial charge in [0.05, 0.1) is 11.9 Å². The molecule has 0 bridgehead atoms. The molecule has 0 radical (unpaired) electrons. The van der Waals surface area contributed by atoms with Crippen LogP contribution in [0.25, 0.3) is 10.9 Å². The Morgan fingerprint density at radius 1 is 0.939 bits per heavy atom. The Balaban J connectivity index is 1.16. The molecule has 0 spiro atoms. The smallest absolute Gasteiger partial charge is 0.270 e. The number of hydrogen-bond donors (Lipinski definition) is 1. The summed E-state index contributed by atoms with van der Waals surface area (Å²) in [4.78, 5) is 17.2. The number of aromatic nitrogens is 3. The molecule has 4 aromatic rings. The highest BCUT2D eigenvalue weighted by Gasteiger charge is 2.27. The topological polar surface area (TPSA) is 80.9 Å².